The maximum absolute atomic E-state index is 10.4. The van der Waals surface area contributed by atoms with Gasteiger partial charge in [-0.1, -0.05) is 0 Å². The van der Waals surface area contributed by atoms with Gasteiger partial charge in [-0.2, -0.15) is 0 Å². The van der Waals surface area contributed by atoms with E-state index in [-0.39, 0.29) is 11.7 Å². The zero-order valence-corrected chi connectivity index (χ0v) is 11.5. The fraction of sp³-hybridized carbons (Fsp3) is 1.00. The van der Waals surface area contributed by atoms with Crippen molar-refractivity contribution < 1.29 is 9.84 Å². The van der Waals surface area contributed by atoms with E-state index in [0.717, 1.165) is 18.4 Å². The van der Waals surface area contributed by atoms with Gasteiger partial charge in [0, 0.05) is 19.1 Å². The Labute approximate surface area is 109 Å². The molecule has 6 unspecified atom stereocenters. The van der Waals surface area contributed by atoms with Gasteiger partial charge in [0.1, 0.15) is 0 Å². The lowest BCUT2D eigenvalue weighted by Crippen LogP contribution is -2.44. The third kappa shape index (κ3) is 1.60. The van der Waals surface area contributed by atoms with Crippen LogP contribution < -0.4 is 0 Å². The number of rotatable bonds is 2. The van der Waals surface area contributed by atoms with Crippen LogP contribution in [0, 0.1) is 17.8 Å². The Morgan fingerprint density at radius 2 is 2.11 bits per heavy atom. The maximum atomic E-state index is 10.4. The molecule has 0 spiro atoms. The van der Waals surface area contributed by atoms with E-state index in [1.54, 1.807) is 0 Å². The van der Waals surface area contributed by atoms with E-state index in [0.29, 0.717) is 18.1 Å². The van der Waals surface area contributed by atoms with E-state index in [2.05, 4.69) is 18.7 Å². The van der Waals surface area contributed by atoms with Crippen molar-refractivity contribution in [2.24, 2.45) is 17.8 Å². The molecule has 3 nitrogen and oxygen atoms in total. The monoisotopic (exact) mass is 251 g/mol. The molecular weight excluding hydrogens is 226 g/mol. The summed E-state index contributed by atoms with van der Waals surface area (Å²) in [5.41, 5.74) is 0.0696. The Morgan fingerprint density at radius 1 is 1.28 bits per heavy atom. The first-order valence-corrected chi connectivity index (χ1v) is 7.63. The number of aliphatic hydroxyl groups is 1. The smallest absolute Gasteiger partial charge is 0.0726 e. The molecule has 0 radical (unpaired) electrons. The van der Waals surface area contributed by atoms with Gasteiger partial charge in [0.25, 0.3) is 0 Å². The van der Waals surface area contributed by atoms with Crippen molar-refractivity contribution in [3.63, 3.8) is 0 Å². The van der Waals surface area contributed by atoms with Crippen LogP contribution in [0.4, 0.5) is 0 Å². The van der Waals surface area contributed by atoms with Crippen LogP contribution in [0.15, 0.2) is 0 Å². The standard InChI is InChI=1S/C15H25NO2/c1-15(2)4-3-11(18-15)8-16-7-10-5-9-6-12(10)13(16)14(9)17/h9-14,17H,3-8H2,1-2H3. The van der Waals surface area contributed by atoms with Crippen LogP contribution in [0.2, 0.25) is 0 Å². The number of ether oxygens (including phenoxy) is 1. The van der Waals surface area contributed by atoms with Gasteiger partial charge in [0.2, 0.25) is 0 Å². The zero-order valence-electron chi connectivity index (χ0n) is 11.5. The van der Waals surface area contributed by atoms with Crippen molar-refractivity contribution in [1.82, 2.24) is 4.90 Å². The van der Waals surface area contributed by atoms with E-state index in [4.69, 9.17) is 4.74 Å². The summed E-state index contributed by atoms with van der Waals surface area (Å²) in [7, 11) is 0. The fourth-order valence-corrected chi connectivity index (χ4v) is 5.21. The summed E-state index contributed by atoms with van der Waals surface area (Å²) >= 11 is 0. The van der Waals surface area contributed by atoms with Crippen LogP contribution >= 0.6 is 0 Å². The molecule has 2 saturated carbocycles. The lowest BCUT2D eigenvalue weighted by molar-refractivity contribution is -0.0379. The summed E-state index contributed by atoms with van der Waals surface area (Å²) in [5.74, 6) is 2.27. The second-order valence-corrected chi connectivity index (χ2v) is 7.63. The second kappa shape index (κ2) is 3.71. The number of fused-ring (bicyclic) bond motifs is 1. The van der Waals surface area contributed by atoms with Crippen LogP contribution in [0.1, 0.15) is 39.5 Å². The summed E-state index contributed by atoms with van der Waals surface area (Å²) in [6, 6.07) is 0.459. The average Bonchev–Trinajstić information content (AvgIpc) is 2.94. The van der Waals surface area contributed by atoms with Crippen LogP contribution in [0.3, 0.4) is 0 Å². The molecule has 2 bridgehead atoms. The lowest BCUT2D eigenvalue weighted by atomic mass is 9.88. The Morgan fingerprint density at radius 3 is 2.78 bits per heavy atom. The molecule has 0 aromatic heterocycles. The first kappa shape index (κ1) is 11.7. The van der Waals surface area contributed by atoms with Crippen molar-refractivity contribution >= 4 is 0 Å². The first-order valence-electron chi connectivity index (χ1n) is 7.63. The molecule has 2 aliphatic carbocycles. The van der Waals surface area contributed by atoms with Crippen molar-refractivity contribution in [1.29, 1.82) is 0 Å². The van der Waals surface area contributed by atoms with Gasteiger partial charge in [-0.3, -0.25) is 4.90 Å². The van der Waals surface area contributed by atoms with E-state index in [1.165, 1.54) is 32.2 Å². The Hall–Kier alpha value is -0.120. The zero-order chi connectivity index (χ0) is 12.5. The molecule has 4 aliphatic rings. The predicted molar refractivity (Wildman–Crippen MR) is 69.3 cm³/mol. The van der Waals surface area contributed by atoms with Crippen molar-refractivity contribution in [3.8, 4) is 0 Å². The quantitative estimate of drug-likeness (QED) is 0.810. The molecule has 2 aliphatic heterocycles. The first-order chi connectivity index (χ1) is 8.53. The van der Waals surface area contributed by atoms with E-state index in [9.17, 15) is 5.11 Å². The SMILES string of the molecule is CC1(C)CCC(CN2CC3CC4CC3C2C4O)O1. The van der Waals surface area contributed by atoms with Crippen molar-refractivity contribution in [2.75, 3.05) is 13.1 Å². The van der Waals surface area contributed by atoms with Crippen LogP contribution in [0.5, 0.6) is 0 Å². The summed E-state index contributed by atoms with van der Waals surface area (Å²) in [4.78, 5) is 2.55. The Balaban J connectivity index is 1.45. The van der Waals surface area contributed by atoms with Gasteiger partial charge in [0.05, 0.1) is 17.8 Å². The third-order valence-electron chi connectivity index (χ3n) is 5.94. The molecule has 3 heteroatoms. The fourth-order valence-electron chi connectivity index (χ4n) is 5.21. The lowest BCUT2D eigenvalue weighted by Gasteiger charge is -2.31. The maximum Gasteiger partial charge on any atom is 0.0726 e. The molecule has 4 rings (SSSR count). The minimum absolute atomic E-state index is 0.0526. The number of aliphatic hydroxyl groups excluding tert-OH is 1. The number of hydrogen-bond acceptors (Lipinski definition) is 3. The molecule has 2 heterocycles. The molecule has 0 aromatic rings. The molecular formula is C15H25NO2. The van der Waals surface area contributed by atoms with Gasteiger partial charge in [-0.05, 0) is 57.3 Å². The van der Waals surface area contributed by atoms with Gasteiger partial charge >= 0.3 is 0 Å². The van der Waals surface area contributed by atoms with Crippen LogP contribution in [-0.2, 0) is 4.74 Å². The minimum atomic E-state index is -0.0526. The van der Waals surface area contributed by atoms with Crippen LogP contribution in [0.25, 0.3) is 0 Å². The summed E-state index contributed by atoms with van der Waals surface area (Å²) < 4.78 is 6.12. The largest absolute Gasteiger partial charge is 0.391 e. The molecule has 0 aromatic carbocycles. The summed E-state index contributed by atoms with van der Waals surface area (Å²) in [5, 5.41) is 10.4. The summed E-state index contributed by atoms with van der Waals surface area (Å²) in [6.45, 7) is 6.65. The van der Waals surface area contributed by atoms with Gasteiger partial charge < -0.3 is 9.84 Å². The highest BCUT2D eigenvalue weighted by atomic mass is 16.5. The number of hydrogen-bond donors (Lipinski definition) is 1. The Bertz CT molecular complexity index is 354. The topological polar surface area (TPSA) is 32.7 Å². The molecule has 18 heavy (non-hydrogen) atoms. The average molecular weight is 251 g/mol. The molecule has 4 fully saturated rings. The molecule has 2 saturated heterocycles. The van der Waals surface area contributed by atoms with Crippen LogP contribution in [-0.4, -0.2) is 46.9 Å². The number of likely N-dealkylation sites (tertiary alicyclic amines) is 1. The van der Waals surface area contributed by atoms with E-state index < -0.39 is 0 Å². The minimum Gasteiger partial charge on any atom is -0.391 e. The van der Waals surface area contributed by atoms with E-state index >= 15 is 0 Å². The third-order valence-corrected chi connectivity index (χ3v) is 5.94. The normalized spacial score (nSPS) is 53.5. The Kier molecular flexibility index (Phi) is 2.41. The molecule has 0 amide bonds. The van der Waals surface area contributed by atoms with Crippen molar-refractivity contribution in [2.45, 2.75) is 63.4 Å². The predicted octanol–water partition coefficient (Wildman–Crippen LogP) is 1.65. The number of nitrogens with zero attached hydrogens (tertiary/aromatic N) is 1. The molecule has 102 valence electrons. The highest BCUT2D eigenvalue weighted by Crippen LogP contribution is 2.55. The van der Waals surface area contributed by atoms with Crippen molar-refractivity contribution in [3.05, 3.63) is 0 Å². The second-order valence-electron chi connectivity index (χ2n) is 7.63. The molecule has 1 N–H and O–H groups in total. The molecule has 6 atom stereocenters. The van der Waals surface area contributed by atoms with E-state index in [1.807, 2.05) is 0 Å². The van der Waals surface area contributed by atoms with Gasteiger partial charge in [-0.25, -0.2) is 0 Å². The van der Waals surface area contributed by atoms with Gasteiger partial charge in [0.15, 0.2) is 0 Å². The highest BCUT2D eigenvalue weighted by Gasteiger charge is 2.58. The van der Waals surface area contributed by atoms with Gasteiger partial charge in [-0.15, -0.1) is 0 Å². The highest BCUT2D eigenvalue weighted by molar-refractivity contribution is 5.11. The summed E-state index contributed by atoms with van der Waals surface area (Å²) in [6.07, 6.45) is 5.26.